The number of rotatable bonds is 3. The summed E-state index contributed by atoms with van der Waals surface area (Å²) in [6.45, 7) is 2.98. The first kappa shape index (κ1) is 18.9. The van der Waals surface area contributed by atoms with E-state index in [0.717, 1.165) is 10.0 Å². The molecule has 0 atom stereocenters. The standard InChI is InChI=1S/C18H19BrN2O4S/c1-14-2-8-17(9-3-14)26(23,24)21-12-10-20(11-13-21)18(22)25-16-6-4-15(19)5-7-16/h2-9H,10-13H2,1H3. The van der Waals surface area contributed by atoms with Gasteiger partial charge in [-0.2, -0.15) is 4.31 Å². The minimum absolute atomic E-state index is 0.242. The van der Waals surface area contributed by atoms with E-state index in [-0.39, 0.29) is 18.0 Å². The predicted molar refractivity (Wildman–Crippen MR) is 102 cm³/mol. The Morgan fingerprint density at radius 3 is 2.12 bits per heavy atom. The zero-order valence-corrected chi connectivity index (χ0v) is 16.7. The van der Waals surface area contributed by atoms with Gasteiger partial charge in [0.05, 0.1) is 4.90 Å². The summed E-state index contributed by atoms with van der Waals surface area (Å²) < 4.78 is 33.0. The molecule has 138 valence electrons. The maximum absolute atomic E-state index is 12.7. The number of sulfonamides is 1. The summed E-state index contributed by atoms with van der Waals surface area (Å²) in [5, 5.41) is 0. The highest BCUT2D eigenvalue weighted by Gasteiger charge is 2.30. The van der Waals surface area contributed by atoms with Crippen LogP contribution in [-0.4, -0.2) is 49.9 Å². The van der Waals surface area contributed by atoms with Crippen LogP contribution in [0.2, 0.25) is 0 Å². The highest BCUT2D eigenvalue weighted by Crippen LogP contribution is 2.20. The van der Waals surface area contributed by atoms with Crippen LogP contribution < -0.4 is 4.74 Å². The molecule has 0 spiro atoms. The molecule has 0 bridgehead atoms. The van der Waals surface area contributed by atoms with E-state index in [1.807, 2.05) is 6.92 Å². The molecule has 26 heavy (non-hydrogen) atoms. The van der Waals surface area contributed by atoms with Crippen molar-refractivity contribution < 1.29 is 17.9 Å². The van der Waals surface area contributed by atoms with Gasteiger partial charge in [0.15, 0.2) is 0 Å². The van der Waals surface area contributed by atoms with Gasteiger partial charge in [-0.15, -0.1) is 0 Å². The number of ether oxygens (including phenoxy) is 1. The summed E-state index contributed by atoms with van der Waals surface area (Å²) in [5.41, 5.74) is 1.00. The molecule has 3 rings (SSSR count). The maximum Gasteiger partial charge on any atom is 0.415 e. The normalized spacial score (nSPS) is 15.7. The Bertz CT molecular complexity index is 874. The Morgan fingerprint density at radius 2 is 1.54 bits per heavy atom. The van der Waals surface area contributed by atoms with E-state index in [9.17, 15) is 13.2 Å². The molecule has 2 aromatic rings. The first-order valence-electron chi connectivity index (χ1n) is 8.15. The second-order valence-corrected chi connectivity index (χ2v) is 8.88. The molecule has 1 heterocycles. The lowest BCUT2D eigenvalue weighted by atomic mass is 10.2. The molecule has 0 radical (unpaired) electrons. The zero-order chi connectivity index (χ0) is 18.7. The molecule has 1 fully saturated rings. The molecule has 0 aromatic heterocycles. The molecule has 0 aliphatic carbocycles. The van der Waals surface area contributed by atoms with E-state index in [1.54, 1.807) is 48.5 Å². The van der Waals surface area contributed by atoms with Crippen LogP contribution in [0, 0.1) is 6.92 Å². The lowest BCUT2D eigenvalue weighted by molar-refractivity contribution is 0.132. The van der Waals surface area contributed by atoms with Gasteiger partial charge >= 0.3 is 6.09 Å². The largest absolute Gasteiger partial charge is 0.415 e. The molecule has 0 N–H and O–H groups in total. The Balaban J connectivity index is 1.60. The van der Waals surface area contributed by atoms with Crippen LogP contribution in [-0.2, 0) is 10.0 Å². The smallest absolute Gasteiger partial charge is 0.410 e. The molecule has 0 unspecified atom stereocenters. The number of nitrogens with zero attached hydrogens (tertiary/aromatic N) is 2. The number of carbonyl (C=O) groups excluding carboxylic acids is 1. The zero-order valence-electron chi connectivity index (χ0n) is 14.3. The van der Waals surface area contributed by atoms with Gasteiger partial charge in [0.2, 0.25) is 10.0 Å². The summed E-state index contributed by atoms with van der Waals surface area (Å²) in [5.74, 6) is 0.452. The topological polar surface area (TPSA) is 66.9 Å². The van der Waals surface area contributed by atoms with Gasteiger partial charge in [-0.1, -0.05) is 33.6 Å². The number of amides is 1. The highest BCUT2D eigenvalue weighted by atomic mass is 79.9. The van der Waals surface area contributed by atoms with Crippen LogP contribution >= 0.6 is 15.9 Å². The average molecular weight is 439 g/mol. The van der Waals surface area contributed by atoms with Crippen molar-refractivity contribution in [1.82, 2.24) is 9.21 Å². The lowest BCUT2D eigenvalue weighted by Crippen LogP contribution is -2.51. The van der Waals surface area contributed by atoms with Gasteiger partial charge in [-0.25, -0.2) is 13.2 Å². The van der Waals surface area contributed by atoms with E-state index < -0.39 is 16.1 Å². The van der Waals surface area contributed by atoms with Crippen LogP contribution in [0.25, 0.3) is 0 Å². The van der Waals surface area contributed by atoms with Crippen molar-refractivity contribution in [3.63, 3.8) is 0 Å². The van der Waals surface area contributed by atoms with Crippen molar-refractivity contribution in [3.8, 4) is 5.75 Å². The van der Waals surface area contributed by atoms with Gasteiger partial charge in [0.1, 0.15) is 5.75 Å². The van der Waals surface area contributed by atoms with Crippen molar-refractivity contribution in [2.24, 2.45) is 0 Å². The minimum atomic E-state index is -3.54. The quantitative estimate of drug-likeness (QED) is 0.737. The third-order valence-corrected chi connectivity index (χ3v) is 6.62. The van der Waals surface area contributed by atoms with Gasteiger partial charge in [-0.05, 0) is 43.3 Å². The fourth-order valence-corrected chi connectivity index (χ4v) is 4.32. The van der Waals surface area contributed by atoms with E-state index in [2.05, 4.69) is 15.9 Å². The van der Waals surface area contributed by atoms with E-state index in [0.29, 0.717) is 18.8 Å². The summed E-state index contributed by atoms with van der Waals surface area (Å²) >= 11 is 3.32. The van der Waals surface area contributed by atoms with Crippen LogP contribution in [0.5, 0.6) is 5.75 Å². The molecule has 1 amide bonds. The monoisotopic (exact) mass is 438 g/mol. The fraction of sp³-hybridized carbons (Fsp3) is 0.278. The summed E-state index contributed by atoms with van der Waals surface area (Å²) in [6, 6.07) is 13.7. The van der Waals surface area contributed by atoms with Gasteiger partial charge in [0, 0.05) is 30.7 Å². The van der Waals surface area contributed by atoms with Gasteiger partial charge < -0.3 is 9.64 Å². The Labute approximate surface area is 161 Å². The Kier molecular flexibility index (Phi) is 5.64. The van der Waals surface area contributed by atoms with E-state index in [4.69, 9.17) is 4.74 Å². The predicted octanol–water partition coefficient (Wildman–Crippen LogP) is 3.26. The maximum atomic E-state index is 12.7. The van der Waals surface area contributed by atoms with Gasteiger partial charge in [0.25, 0.3) is 0 Å². The number of benzene rings is 2. The number of carbonyl (C=O) groups is 1. The second-order valence-electron chi connectivity index (χ2n) is 6.03. The minimum Gasteiger partial charge on any atom is -0.410 e. The summed E-state index contributed by atoms with van der Waals surface area (Å²) in [7, 11) is -3.54. The summed E-state index contributed by atoms with van der Waals surface area (Å²) in [6.07, 6.45) is -0.472. The molecule has 1 aliphatic heterocycles. The lowest BCUT2D eigenvalue weighted by Gasteiger charge is -2.33. The molecular weight excluding hydrogens is 420 g/mol. The second kappa shape index (κ2) is 7.77. The fourth-order valence-electron chi connectivity index (χ4n) is 2.64. The van der Waals surface area contributed by atoms with Crippen molar-refractivity contribution in [2.75, 3.05) is 26.2 Å². The van der Waals surface area contributed by atoms with Crippen LogP contribution in [0.4, 0.5) is 4.79 Å². The molecular formula is C18H19BrN2O4S. The third kappa shape index (κ3) is 4.25. The van der Waals surface area contributed by atoms with Crippen LogP contribution in [0.1, 0.15) is 5.56 Å². The number of hydrogen-bond acceptors (Lipinski definition) is 4. The first-order chi connectivity index (χ1) is 12.4. The van der Waals surface area contributed by atoms with Crippen LogP contribution in [0.15, 0.2) is 57.9 Å². The Hall–Kier alpha value is -1.90. The molecule has 6 nitrogen and oxygen atoms in total. The molecule has 8 heteroatoms. The van der Waals surface area contributed by atoms with Crippen molar-refractivity contribution in [2.45, 2.75) is 11.8 Å². The number of piperazine rings is 1. The highest BCUT2D eigenvalue weighted by molar-refractivity contribution is 9.10. The summed E-state index contributed by atoms with van der Waals surface area (Å²) in [4.78, 5) is 14.0. The molecule has 1 aliphatic rings. The third-order valence-electron chi connectivity index (χ3n) is 4.17. The number of halogens is 1. The molecule has 1 saturated heterocycles. The van der Waals surface area contributed by atoms with Crippen molar-refractivity contribution in [3.05, 3.63) is 58.6 Å². The van der Waals surface area contributed by atoms with Crippen molar-refractivity contribution in [1.29, 1.82) is 0 Å². The molecule has 0 saturated carbocycles. The van der Waals surface area contributed by atoms with E-state index in [1.165, 1.54) is 9.21 Å². The van der Waals surface area contributed by atoms with Gasteiger partial charge in [-0.3, -0.25) is 0 Å². The average Bonchev–Trinajstić information content (AvgIpc) is 2.64. The van der Waals surface area contributed by atoms with Crippen LogP contribution in [0.3, 0.4) is 0 Å². The molecule has 2 aromatic carbocycles. The first-order valence-corrected chi connectivity index (χ1v) is 10.4. The Morgan fingerprint density at radius 1 is 0.962 bits per heavy atom. The number of hydrogen-bond donors (Lipinski definition) is 0. The number of aryl methyl sites for hydroxylation is 1. The van der Waals surface area contributed by atoms with Crippen molar-refractivity contribution >= 4 is 32.0 Å². The van der Waals surface area contributed by atoms with E-state index >= 15 is 0 Å². The SMILES string of the molecule is Cc1ccc(S(=O)(=O)N2CCN(C(=O)Oc3ccc(Br)cc3)CC2)cc1.